The summed E-state index contributed by atoms with van der Waals surface area (Å²) in [6.45, 7) is 0. The summed E-state index contributed by atoms with van der Waals surface area (Å²) in [4.78, 5) is 0. The van der Waals surface area contributed by atoms with Crippen molar-refractivity contribution in [3.8, 4) is 16.9 Å². The Balaban J connectivity index is 1.17. The predicted octanol–water partition coefficient (Wildman–Crippen LogP) is 10.9. The van der Waals surface area contributed by atoms with Crippen LogP contribution in [0.25, 0.3) is 16.7 Å². The van der Waals surface area contributed by atoms with Gasteiger partial charge in [-0.2, -0.15) is 0 Å². The number of allylic oxidation sites excluding steroid dienone is 4. The Morgan fingerprint density at radius 3 is 1.58 bits per heavy atom. The second kappa shape index (κ2) is 14.1. The zero-order chi connectivity index (χ0) is 31.0. The maximum atomic E-state index is 14.7. The number of aryl methyl sites for hydroxylation is 2. The van der Waals surface area contributed by atoms with Gasteiger partial charge in [-0.05, 0) is 84.7 Å². The van der Waals surface area contributed by atoms with E-state index in [-0.39, 0.29) is 24.4 Å². The molecule has 0 amide bonds. The Kier molecular flexibility index (Phi) is 10.5. The molecule has 0 bridgehead atoms. The summed E-state index contributed by atoms with van der Waals surface area (Å²) >= 11 is 0. The minimum absolute atomic E-state index is 0.0499. The number of hydrogen-bond donors (Lipinski definition) is 0. The molecule has 4 rings (SSSR count). The van der Waals surface area contributed by atoms with Crippen LogP contribution in [0.1, 0.15) is 61.6 Å². The van der Waals surface area contributed by atoms with Gasteiger partial charge in [0.1, 0.15) is 23.1 Å². The van der Waals surface area contributed by atoms with Crippen molar-refractivity contribution in [3.63, 3.8) is 0 Å². The minimum atomic E-state index is -4.79. The highest BCUT2D eigenvalue weighted by atomic mass is 19.4. The van der Waals surface area contributed by atoms with Crippen molar-refractivity contribution in [2.75, 3.05) is 0 Å². The third-order valence-corrected chi connectivity index (χ3v) is 7.10. The van der Waals surface area contributed by atoms with Crippen molar-refractivity contribution >= 4 is 5.57 Å². The summed E-state index contributed by atoms with van der Waals surface area (Å²) in [6.07, 6.45) is -0.534. The lowest BCUT2D eigenvalue weighted by Gasteiger charge is -2.17. The normalized spacial score (nSPS) is 13.9. The maximum Gasteiger partial charge on any atom is 0.573 e. The molecule has 0 aromatic heterocycles. The molecular weight excluding hydrogens is 580 g/mol. The first-order valence-electron chi connectivity index (χ1n) is 14.0. The van der Waals surface area contributed by atoms with Gasteiger partial charge in [-0.15, -0.1) is 26.3 Å². The standard InChI is InChI=1S/C33H30F8O2/c34-30-20-22(8-18-28(30)24-10-14-26(15-11-24)42-32(36,37)38)6-4-2-1-3-5-7-23-9-19-29(31(35)21-23)25-12-16-27(17-13-25)43-33(39,40)41/h8-12,14-16,18-21H,1-7,13,17H2. The van der Waals surface area contributed by atoms with E-state index in [4.69, 9.17) is 0 Å². The lowest BCUT2D eigenvalue weighted by Crippen LogP contribution is -2.16. The Hall–Kier alpha value is -3.82. The van der Waals surface area contributed by atoms with Crippen LogP contribution in [0.15, 0.2) is 78.6 Å². The summed E-state index contributed by atoms with van der Waals surface area (Å²) in [7, 11) is 0. The van der Waals surface area contributed by atoms with Gasteiger partial charge in [0.15, 0.2) is 0 Å². The first kappa shape index (κ1) is 32.1. The monoisotopic (exact) mass is 610 g/mol. The second-order valence-corrected chi connectivity index (χ2v) is 10.3. The number of alkyl halides is 6. The SMILES string of the molecule is Fc1cc(CCCCCCCc2ccc(-c3ccc(OC(F)(F)F)cc3)c(F)c2)ccc1C1=CC=C(OC(F)(F)F)CC1. The van der Waals surface area contributed by atoms with E-state index in [1.807, 2.05) is 12.1 Å². The van der Waals surface area contributed by atoms with Crippen molar-refractivity contribution < 1.29 is 44.6 Å². The molecule has 43 heavy (non-hydrogen) atoms. The fraction of sp³-hybridized carbons (Fsp3) is 0.333. The number of rotatable bonds is 12. The van der Waals surface area contributed by atoms with E-state index in [0.717, 1.165) is 55.4 Å². The van der Waals surface area contributed by atoms with Gasteiger partial charge in [0, 0.05) is 17.5 Å². The van der Waals surface area contributed by atoms with Crippen LogP contribution in [0, 0.1) is 11.6 Å². The smallest absolute Gasteiger partial charge is 0.410 e. The Labute approximate surface area is 244 Å². The Bertz CT molecular complexity index is 1440. The van der Waals surface area contributed by atoms with Gasteiger partial charge >= 0.3 is 12.7 Å². The van der Waals surface area contributed by atoms with E-state index in [9.17, 15) is 35.1 Å². The van der Waals surface area contributed by atoms with Crippen LogP contribution in [-0.2, 0) is 17.6 Å². The third kappa shape index (κ3) is 10.1. The van der Waals surface area contributed by atoms with E-state index in [2.05, 4.69) is 9.47 Å². The molecule has 0 saturated heterocycles. The average molecular weight is 611 g/mol. The Morgan fingerprint density at radius 2 is 1.09 bits per heavy atom. The minimum Gasteiger partial charge on any atom is -0.410 e. The number of ether oxygens (including phenoxy) is 2. The van der Waals surface area contributed by atoms with Gasteiger partial charge in [-0.25, -0.2) is 8.78 Å². The van der Waals surface area contributed by atoms with Crippen molar-refractivity contribution in [2.45, 2.75) is 70.5 Å². The van der Waals surface area contributed by atoms with Gasteiger partial charge in [-0.1, -0.05) is 61.7 Å². The molecule has 3 aromatic rings. The van der Waals surface area contributed by atoms with Crippen LogP contribution in [-0.4, -0.2) is 12.7 Å². The summed E-state index contributed by atoms with van der Waals surface area (Å²) in [6, 6.07) is 14.9. The molecule has 1 aliphatic carbocycles. The van der Waals surface area contributed by atoms with Crippen LogP contribution in [0.2, 0.25) is 0 Å². The van der Waals surface area contributed by atoms with E-state index in [0.29, 0.717) is 35.1 Å². The average Bonchev–Trinajstić information content (AvgIpc) is 2.92. The molecule has 0 aliphatic heterocycles. The van der Waals surface area contributed by atoms with Crippen LogP contribution >= 0.6 is 0 Å². The van der Waals surface area contributed by atoms with Crippen molar-refractivity contribution in [3.05, 3.63) is 107 Å². The van der Waals surface area contributed by atoms with E-state index in [1.165, 1.54) is 36.4 Å². The van der Waals surface area contributed by atoms with Gasteiger partial charge in [0.25, 0.3) is 0 Å². The van der Waals surface area contributed by atoms with Crippen LogP contribution in [0.3, 0.4) is 0 Å². The number of hydrogen-bond acceptors (Lipinski definition) is 2. The largest absolute Gasteiger partial charge is 0.573 e. The molecule has 0 N–H and O–H groups in total. The lowest BCUT2D eigenvalue weighted by atomic mass is 9.94. The second-order valence-electron chi connectivity index (χ2n) is 10.3. The summed E-state index contributed by atoms with van der Waals surface area (Å²) < 4.78 is 111. The quantitative estimate of drug-likeness (QED) is 0.150. The molecule has 0 spiro atoms. The summed E-state index contributed by atoms with van der Waals surface area (Å²) in [5.74, 6) is -1.41. The molecule has 0 atom stereocenters. The van der Waals surface area contributed by atoms with Gasteiger partial charge in [-0.3, -0.25) is 0 Å². The molecular formula is C33H30F8O2. The molecule has 0 heterocycles. The molecule has 0 unspecified atom stereocenters. The van der Waals surface area contributed by atoms with E-state index < -0.39 is 24.4 Å². The number of halogens is 8. The summed E-state index contributed by atoms with van der Waals surface area (Å²) in [5, 5.41) is 0. The third-order valence-electron chi connectivity index (χ3n) is 7.10. The lowest BCUT2D eigenvalue weighted by molar-refractivity contribution is -0.306. The van der Waals surface area contributed by atoms with E-state index in [1.54, 1.807) is 12.1 Å². The molecule has 230 valence electrons. The fourth-order valence-electron chi connectivity index (χ4n) is 5.02. The highest BCUT2D eigenvalue weighted by Crippen LogP contribution is 2.33. The first-order valence-corrected chi connectivity index (χ1v) is 14.0. The molecule has 10 heteroatoms. The molecule has 0 fully saturated rings. The predicted molar refractivity (Wildman–Crippen MR) is 148 cm³/mol. The fourth-order valence-corrected chi connectivity index (χ4v) is 5.02. The molecule has 0 radical (unpaired) electrons. The highest BCUT2D eigenvalue weighted by molar-refractivity contribution is 5.69. The van der Waals surface area contributed by atoms with Crippen molar-refractivity contribution in [2.24, 2.45) is 0 Å². The first-order chi connectivity index (χ1) is 20.4. The molecule has 1 aliphatic rings. The van der Waals surface area contributed by atoms with Crippen LogP contribution in [0.4, 0.5) is 35.1 Å². The van der Waals surface area contributed by atoms with Crippen molar-refractivity contribution in [1.29, 1.82) is 0 Å². The Morgan fingerprint density at radius 1 is 0.558 bits per heavy atom. The van der Waals surface area contributed by atoms with Gasteiger partial charge in [0.2, 0.25) is 0 Å². The molecule has 2 nitrogen and oxygen atoms in total. The maximum absolute atomic E-state index is 14.7. The number of benzene rings is 3. The number of unbranched alkanes of at least 4 members (excludes halogenated alkanes) is 4. The molecule has 3 aromatic carbocycles. The summed E-state index contributed by atoms with van der Waals surface area (Å²) in [5.41, 5.74) is 3.44. The van der Waals surface area contributed by atoms with Gasteiger partial charge in [0.05, 0.1) is 0 Å². The zero-order valence-corrected chi connectivity index (χ0v) is 23.1. The van der Waals surface area contributed by atoms with Crippen LogP contribution < -0.4 is 4.74 Å². The molecule has 0 saturated carbocycles. The topological polar surface area (TPSA) is 18.5 Å². The highest BCUT2D eigenvalue weighted by Gasteiger charge is 2.32. The van der Waals surface area contributed by atoms with Crippen LogP contribution in [0.5, 0.6) is 5.75 Å². The van der Waals surface area contributed by atoms with Crippen molar-refractivity contribution in [1.82, 2.24) is 0 Å². The van der Waals surface area contributed by atoms with Gasteiger partial charge < -0.3 is 9.47 Å². The zero-order valence-electron chi connectivity index (χ0n) is 23.1. The van der Waals surface area contributed by atoms with E-state index >= 15 is 0 Å².